The SMILES string of the molecule is O=C1CCc2ccccc2N1CC(O)C1CCCCC1. The van der Waals surface area contributed by atoms with E-state index in [1.807, 2.05) is 18.2 Å². The lowest BCUT2D eigenvalue weighted by atomic mass is 9.85. The second kappa shape index (κ2) is 5.96. The van der Waals surface area contributed by atoms with Gasteiger partial charge < -0.3 is 10.0 Å². The summed E-state index contributed by atoms with van der Waals surface area (Å²) in [6.45, 7) is 0.459. The molecule has 1 N–H and O–H groups in total. The Kier molecular flexibility index (Phi) is 4.06. The van der Waals surface area contributed by atoms with E-state index >= 15 is 0 Å². The van der Waals surface area contributed by atoms with Gasteiger partial charge in [-0.1, -0.05) is 37.5 Å². The molecule has 1 unspecified atom stereocenters. The molecule has 1 aromatic rings. The molecule has 1 amide bonds. The fourth-order valence-electron chi connectivity index (χ4n) is 3.55. The van der Waals surface area contributed by atoms with Crippen LogP contribution in [0.1, 0.15) is 44.1 Å². The zero-order valence-electron chi connectivity index (χ0n) is 11.9. The molecular formula is C17H23NO2. The lowest BCUT2D eigenvalue weighted by Gasteiger charge is -2.34. The molecule has 0 spiro atoms. The molecule has 1 aliphatic heterocycles. The number of para-hydroxylation sites is 1. The van der Waals surface area contributed by atoms with Crippen LogP contribution in [0.4, 0.5) is 5.69 Å². The second-order valence-corrected chi connectivity index (χ2v) is 6.10. The van der Waals surface area contributed by atoms with Crippen molar-refractivity contribution >= 4 is 11.6 Å². The maximum absolute atomic E-state index is 12.2. The Morgan fingerprint density at radius 3 is 2.70 bits per heavy atom. The minimum atomic E-state index is -0.384. The fraction of sp³-hybridized carbons (Fsp3) is 0.588. The molecule has 108 valence electrons. The molecule has 20 heavy (non-hydrogen) atoms. The number of nitrogens with zero attached hydrogens (tertiary/aromatic N) is 1. The molecule has 0 aromatic heterocycles. The first-order valence-corrected chi connectivity index (χ1v) is 7.82. The van der Waals surface area contributed by atoms with Crippen LogP contribution in [0.3, 0.4) is 0 Å². The summed E-state index contributed by atoms with van der Waals surface area (Å²) >= 11 is 0. The number of fused-ring (bicyclic) bond motifs is 1. The number of carbonyl (C=O) groups excluding carboxylic acids is 1. The first-order valence-electron chi connectivity index (χ1n) is 7.82. The van der Waals surface area contributed by atoms with Crippen molar-refractivity contribution in [2.45, 2.75) is 51.0 Å². The topological polar surface area (TPSA) is 40.5 Å². The Morgan fingerprint density at radius 1 is 1.15 bits per heavy atom. The number of aliphatic hydroxyl groups is 1. The quantitative estimate of drug-likeness (QED) is 0.920. The minimum Gasteiger partial charge on any atom is -0.391 e. The van der Waals surface area contributed by atoms with Gasteiger partial charge in [-0.25, -0.2) is 0 Å². The van der Waals surface area contributed by atoms with Crippen LogP contribution in [0.2, 0.25) is 0 Å². The number of benzene rings is 1. The van der Waals surface area contributed by atoms with Gasteiger partial charge in [0.1, 0.15) is 0 Å². The van der Waals surface area contributed by atoms with E-state index < -0.39 is 0 Å². The summed E-state index contributed by atoms with van der Waals surface area (Å²) in [5.41, 5.74) is 2.22. The average molecular weight is 273 g/mol. The summed E-state index contributed by atoms with van der Waals surface area (Å²) in [5.74, 6) is 0.518. The smallest absolute Gasteiger partial charge is 0.227 e. The van der Waals surface area contributed by atoms with E-state index in [1.165, 1.54) is 24.8 Å². The van der Waals surface area contributed by atoms with E-state index in [4.69, 9.17) is 0 Å². The van der Waals surface area contributed by atoms with Crippen molar-refractivity contribution in [1.82, 2.24) is 0 Å². The van der Waals surface area contributed by atoms with E-state index in [2.05, 4.69) is 6.07 Å². The van der Waals surface area contributed by atoms with E-state index in [0.29, 0.717) is 18.9 Å². The summed E-state index contributed by atoms with van der Waals surface area (Å²) in [7, 11) is 0. The van der Waals surface area contributed by atoms with Gasteiger partial charge in [0.25, 0.3) is 0 Å². The zero-order chi connectivity index (χ0) is 13.9. The summed E-state index contributed by atoms with van der Waals surface area (Å²) in [4.78, 5) is 14.0. The number of hydrogen-bond acceptors (Lipinski definition) is 2. The molecule has 2 aliphatic rings. The highest BCUT2D eigenvalue weighted by molar-refractivity contribution is 5.96. The highest BCUT2D eigenvalue weighted by Crippen LogP contribution is 2.31. The number of rotatable bonds is 3. The van der Waals surface area contributed by atoms with Gasteiger partial charge in [-0.05, 0) is 36.8 Å². The van der Waals surface area contributed by atoms with Crippen molar-refractivity contribution in [3.05, 3.63) is 29.8 Å². The van der Waals surface area contributed by atoms with Crippen LogP contribution in [-0.4, -0.2) is 23.7 Å². The summed E-state index contributed by atoms with van der Waals surface area (Å²) in [5, 5.41) is 10.5. The van der Waals surface area contributed by atoms with Gasteiger partial charge in [0.05, 0.1) is 12.6 Å². The Labute approximate surface area is 120 Å². The van der Waals surface area contributed by atoms with Crippen LogP contribution < -0.4 is 4.90 Å². The van der Waals surface area contributed by atoms with Gasteiger partial charge in [-0.15, -0.1) is 0 Å². The summed E-state index contributed by atoms with van der Waals surface area (Å²) in [6, 6.07) is 8.07. The lowest BCUT2D eigenvalue weighted by Crippen LogP contribution is -2.43. The summed E-state index contributed by atoms with van der Waals surface area (Å²) in [6.07, 6.45) is 6.92. The normalized spacial score (nSPS) is 21.6. The number of amides is 1. The molecule has 0 saturated heterocycles. The van der Waals surface area contributed by atoms with Gasteiger partial charge in [0, 0.05) is 12.1 Å². The Morgan fingerprint density at radius 2 is 1.90 bits per heavy atom. The Bertz CT molecular complexity index is 480. The highest BCUT2D eigenvalue weighted by Gasteiger charge is 2.29. The number of hydrogen-bond donors (Lipinski definition) is 1. The molecule has 1 aromatic carbocycles. The van der Waals surface area contributed by atoms with Crippen molar-refractivity contribution in [2.75, 3.05) is 11.4 Å². The lowest BCUT2D eigenvalue weighted by molar-refractivity contribution is -0.119. The molecule has 0 radical (unpaired) electrons. The average Bonchev–Trinajstić information content (AvgIpc) is 2.51. The molecular weight excluding hydrogens is 250 g/mol. The highest BCUT2D eigenvalue weighted by atomic mass is 16.3. The van der Waals surface area contributed by atoms with Crippen molar-refractivity contribution in [3.8, 4) is 0 Å². The summed E-state index contributed by atoms with van der Waals surface area (Å²) < 4.78 is 0. The van der Waals surface area contributed by atoms with Crippen LogP contribution in [0.25, 0.3) is 0 Å². The molecule has 0 bridgehead atoms. The second-order valence-electron chi connectivity index (χ2n) is 6.10. The maximum Gasteiger partial charge on any atom is 0.227 e. The van der Waals surface area contributed by atoms with E-state index in [9.17, 15) is 9.90 Å². The Hall–Kier alpha value is -1.35. The number of anilines is 1. The molecule has 3 nitrogen and oxygen atoms in total. The zero-order valence-corrected chi connectivity index (χ0v) is 11.9. The van der Waals surface area contributed by atoms with Gasteiger partial charge in [0.2, 0.25) is 5.91 Å². The molecule has 3 heteroatoms. The fourth-order valence-corrected chi connectivity index (χ4v) is 3.55. The van der Waals surface area contributed by atoms with Crippen LogP contribution in [0.15, 0.2) is 24.3 Å². The van der Waals surface area contributed by atoms with E-state index in [0.717, 1.165) is 24.9 Å². The van der Waals surface area contributed by atoms with Gasteiger partial charge in [-0.3, -0.25) is 4.79 Å². The Balaban J connectivity index is 1.74. The largest absolute Gasteiger partial charge is 0.391 e. The number of aryl methyl sites for hydroxylation is 1. The monoisotopic (exact) mass is 273 g/mol. The number of carbonyl (C=O) groups is 1. The molecule has 3 rings (SSSR count). The van der Waals surface area contributed by atoms with Crippen LogP contribution in [-0.2, 0) is 11.2 Å². The van der Waals surface area contributed by atoms with Gasteiger partial charge in [0.15, 0.2) is 0 Å². The van der Waals surface area contributed by atoms with Crippen molar-refractivity contribution in [1.29, 1.82) is 0 Å². The molecule has 1 atom stereocenters. The molecule has 1 aliphatic carbocycles. The number of β-amino-alcohol motifs (C(OH)–C–C–N with tert-alkyl or cyclic N) is 1. The van der Waals surface area contributed by atoms with E-state index in [1.54, 1.807) is 4.90 Å². The third kappa shape index (κ3) is 2.73. The van der Waals surface area contributed by atoms with Crippen molar-refractivity contribution < 1.29 is 9.90 Å². The minimum absolute atomic E-state index is 0.151. The van der Waals surface area contributed by atoms with Crippen molar-refractivity contribution in [3.63, 3.8) is 0 Å². The van der Waals surface area contributed by atoms with E-state index in [-0.39, 0.29) is 12.0 Å². The molecule has 1 heterocycles. The first kappa shape index (κ1) is 13.6. The standard InChI is InChI=1S/C17H23NO2/c19-16(14-7-2-1-3-8-14)12-18-15-9-5-4-6-13(15)10-11-17(18)20/h4-6,9,14,16,19H,1-3,7-8,10-12H2. The van der Waals surface area contributed by atoms with Gasteiger partial charge in [-0.2, -0.15) is 0 Å². The third-order valence-corrected chi connectivity index (χ3v) is 4.76. The maximum atomic E-state index is 12.2. The van der Waals surface area contributed by atoms with Crippen LogP contribution in [0, 0.1) is 5.92 Å². The van der Waals surface area contributed by atoms with Crippen LogP contribution in [0.5, 0.6) is 0 Å². The first-order chi connectivity index (χ1) is 9.75. The van der Waals surface area contributed by atoms with Crippen molar-refractivity contribution in [2.24, 2.45) is 5.92 Å². The van der Waals surface area contributed by atoms with Gasteiger partial charge >= 0.3 is 0 Å². The predicted molar refractivity (Wildman–Crippen MR) is 79.7 cm³/mol. The predicted octanol–water partition coefficient (Wildman–Crippen LogP) is 2.91. The third-order valence-electron chi connectivity index (χ3n) is 4.76. The van der Waals surface area contributed by atoms with Crippen LogP contribution >= 0.6 is 0 Å². The molecule has 1 fully saturated rings. The number of aliphatic hydroxyl groups excluding tert-OH is 1. The molecule has 1 saturated carbocycles.